The molecule has 226 valence electrons. The number of halogens is 1. The summed E-state index contributed by atoms with van der Waals surface area (Å²) in [7, 11) is 0. The molecule has 9 nitrogen and oxygen atoms in total. The number of nitrogens with one attached hydrogen (secondary N) is 2. The van der Waals surface area contributed by atoms with Gasteiger partial charge in [0.25, 0.3) is 11.8 Å². The molecule has 2 N–H and O–H groups in total. The van der Waals surface area contributed by atoms with Crippen molar-refractivity contribution < 1.29 is 26.3 Å². The van der Waals surface area contributed by atoms with Crippen LogP contribution in [0.15, 0.2) is 54.6 Å². The fourth-order valence-corrected chi connectivity index (χ4v) is 7.18. The van der Waals surface area contributed by atoms with E-state index in [1.807, 2.05) is 12.1 Å². The van der Waals surface area contributed by atoms with Crippen molar-refractivity contribution in [3.8, 4) is 11.5 Å². The number of carbonyl (C=O) groups excluding carboxylic acids is 2. The van der Waals surface area contributed by atoms with Gasteiger partial charge in [0, 0.05) is 52.2 Å². The van der Waals surface area contributed by atoms with E-state index in [0.29, 0.717) is 40.8 Å². The fraction of sp³-hybridized carbons (Fsp3) is 0.344. The molecule has 0 radical (unpaired) electrons. The van der Waals surface area contributed by atoms with E-state index >= 15 is 0 Å². The van der Waals surface area contributed by atoms with E-state index in [2.05, 4.69) is 27.4 Å². The van der Waals surface area contributed by atoms with Crippen molar-refractivity contribution in [3.05, 3.63) is 76.5 Å². The lowest BCUT2D eigenvalue weighted by Crippen LogP contribution is -2.28. The topological polar surface area (TPSA) is 96.0 Å². The molecule has 0 bridgehead atoms. The zero-order valence-corrected chi connectivity index (χ0v) is 24.6. The second-order valence-electron chi connectivity index (χ2n) is 11.3. The molecular formula is C32H36FN5O4S. The lowest BCUT2D eigenvalue weighted by Gasteiger charge is -2.19. The lowest BCUT2D eigenvalue weighted by molar-refractivity contribution is 0.102. The molecule has 43 heavy (non-hydrogen) atoms. The van der Waals surface area contributed by atoms with Crippen LogP contribution < -0.4 is 20.1 Å². The minimum Gasteiger partial charge on any atom is -0.486 e. The second-order valence-corrected chi connectivity index (χ2v) is 12.4. The van der Waals surface area contributed by atoms with E-state index in [9.17, 15) is 14.0 Å². The maximum Gasteiger partial charge on any atom is 0.265 e. The van der Waals surface area contributed by atoms with Gasteiger partial charge in [-0.05, 0) is 66.9 Å². The highest BCUT2D eigenvalue weighted by molar-refractivity contribution is 7.20. The molecule has 0 aliphatic carbocycles. The van der Waals surface area contributed by atoms with Gasteiger partial charge >= 0.3 is 0 Å². The number of fused-ring (bicyclic) bond motifs is 3. The highest BCUT2D eigenvalue weighted by Crippen LogP contribution is 2.33. The molecule has 2 amide bonds. The number of anilines is 2. The van der Waals surface area contributed by atoms with Gasteiger partial charge in [-0.1, -0.05) is 13.0 Å². The molecule has 7 rings (SSSR count). The van der Waals surface area contributed by atoms with E-state index in [-0.39, 0.29) is 8.54 Å². The van der Waals surface area contributed by atoms with Crippen LogP contribution in [-0.2, 0) is 6.54 Å². The van der Waals surface area contributed by atoms with Crippen LogP contribution in [0.1, 0.15) is 35.5 Å². The number of carbonyl (C=O) groups is 2. The first kappa shape index (κ1) is 27.8. The minimum atomic E-state index is -0.607. The maximum absolute atomic E-state index is 14.7. The largest absolute Gasteiger partial charge is 0.486 e. The molecule has 2 saturated heterocycles. The van der Waals surface area contributed by atoms with E-state index < -0.39 is 17.6 Å². The third kappa shape index (κ3) is 5.80. The number of hydrogen-bond donors (Lipinski definition) is 2. The summed E-state index contributed by atoms with van der Waals surface area (Å²) in [6, 6.07) is 14.8. The van der Waals surface area contributed by atoms with Gasteiger partial charge in [-0.3, -0.25) is 14.5 Å². The molecular weight excluding hydrogens is 569 g/mol. The summed E-state index contributed by atoms with van der Waals surface area (Å²) in [6.45, 7) is 9.58. The summed E-state index contributed by atoms with van der Waals surface area (Å²) in [4.78, 5) is 37.1. The number of aromatic nitrogens is 1. The first-order valence-electron chi connectivity index (χ1n) is 14.6. The monoisotopic (exact) mass is 605 g/mol. The molecule has 2 fully saturated rings. The summed E-state index contributed by atoms with van der Waals surface area (Å²) >= 11 is 1.28. The van der Waals surface area contributed by atoms with Crippen molar-refractivity contribution in [2.45, 2.75) is 13.5 Å². The Morgan fingerprint density at radius 1 is 0.930 bits per heavy atom. The smallest absolute Gasteiger partial charge is 0.265 e. The lowest BCUT2D eigenvalue weighted by atomic mass is 10.0. The van der Waals surface area contributed by atoms with Gasteiger partial charge in [-0.25, -0.2) is 9.37 Å². The average molecular weight is 606 g/mol. The normalized spacial score (nSPS) is 19.9. The van der Waals surface area contributed by atoms with Gasteiger partial charge in [0.1, 0.15) is 23.9 Å². The van der Waals surface area contributed by atoms with Crippen molar-refractivity contribution >= 4 is 44.7 Å². The number of amides is 2. The Hall–Kier alpha value is -4.06. The van der Waals surface area contributed by atoms with Gasteiger partial charge < -0.3 is 25.0 Å². The van der Waals surface area contributed by atoms with Crippen LogP contribution in [-0.4, -0.2) is 72.5 Å². The highest BCUT2D eigenvalue weighted by atomic mass is 32.1. The van der Waals surface area contributed by atoms with Crippen LogP contribution >= 0.6 is 11.3 Å². The van der Waals surface area contributed by atoms with Crippen LogP contribution in [0.5, 0.6) is 11.5 Å². The SMILES string of the molecule is CCN1C[C@@H]2CN(Cc3ccc4cc(C(=O)Nc5cc(NC(=O)c6ccc7c(c6)OCCO7)ccc5F)sc4n3)C[C@@H]2C1.[HH].[HH]. The Kier molecular flexibility index (Phi) is 7.46. The van der Waals surface area contributed by atoms with Crippen molar-refractivity contribution in [2.75, 3.05) is 56.6 Å². The molecule has 2 aromatic carbocycles. The van der Waals surface area contributed by atoms with E-state index in [1.165, 1.54) is 42.6 Å². The molecule has 3 aliphatic rings. The second kappa shape index (κ2) is 11.6. The summed E-state index contributed by atoms with van der Waals surface area (Å²) in [5.41, 5.74) is 1.66. The highest BCUT2D eigenvalue weighted by Gasteiger charge is 2.39. The Bertz CT molecular complexity index is 1710. The molecule has 2 aromatic heterocycles. The Balaban J connectivity index is 0.00000200. The van der Waals surface area contributed by atoms with Crippen molar-refractivity contribution in [1.29, 1.82) is 0 Å². The van der Waals surface area contributed by atoms with Gasteiger partial charge in [0.2, 0.25) is 0 Å². The van der Waals surface area contributed by atoms with Gasteiger partial charge in [0.15, 0.2) is 11.5 Å². The predicted molar refractivity (Wildman–Crippen MR) is 168 cm³/mol. The van der Waals surface area contributed by atoms with E-state index in [4.69, 9.17) is 14.5 Å². The van der Waals surface area contributed by atoms with E-state index in [1.54, 1.807) is 24.3 Å². The molecule has 0 unspecified atom stereocenters. The summed E-state index contributed by atoms with van der Waals surface area (Å²) < 4.78 is 25.8. The average Bonchev–Trinajstić information content (AvgIpc) is 3.71. The van der Waals surface area contributed by atoms with Crippen LogP contribution in [0.3, 0.4) is 0 Å². The number of ether oxygens (including phenoxy) is 2. The fourth-order valence-electron chi connectivity index (χ4n) is 6.23. The Labute approximate surface area is 255 Å². The number of thiophene rings is 1. The first-order valence-corrected chi connectivity index (χ1v) is 15.4. The number of hydrogen-bond acceptors (Lipinski definition) is 8. The van der Waals surface area contributed by atoms with Crippen LogP contribution in [0.4, 0.5) is 15.8 Å². The van der Waals surface area contributed by atoms with Crippen molar-refractivity contribution in [2.24, 2.45) is 11.8 Å². The standard InChI is InChI=1S/C32H32FN5O4S.2H2/c1-2-37-14-21-16-38(17-22(21)15-37)18-24-5-3-20-12-29(43-32(20)35-24)31(40)36-26-13-23(6-7-25(26)33)34-30(39)19-4-8-27-28(11-19)42-10-9-41-27;;/h3-8,11-13,21-22H,2,9-10,14-18H2,1H3,(H,34,39)(H,36,40);2*1H/t21-,22+;;. The summed E-state index contributed by atoms with van der Waals surface area (Å²) in [5, 5.41) is 6.28. The molecule has 0 spiro atoms. The number of rotatable bonds is 7. The van der Waals surface area contributed by atoms with E-state index in [0.717, 1.165) is 53.9 Å². The molecule has 11 heteroatoms. The van der Waals surface area contributed by atoms with Gasteiger partial charge in [-0.2, -0.15) is 0 Å². The first-order chi connectivity index (χ1) is 20.9. The molecule has 2 atom stereocenters. The van der Waals surface area contributed by atoms with Crippen LogP contribution in [0.2, 0.25) is 0 Å². The Morgan fingerprint density at radius 3 is 2.49 bits per heavy atom. The summed E-state index contributed by atoms with van der Waals surface area (Å²) in [6.07, 6.45) is 0. The number of benzene rings is 2. The third-order valence-electron chi connectivity index (χ3n) is 8.41. The zero-order chi connectivity index (χ0) is 29.5. The zero-order valence-electron chi connectivity index (χ0n) is 23.8. The Morgan fingerprint density at radius 2 is 1.70 bits per heavy atom. The number of pyridine rings is 1. The third-order valence-corrected chi connectivity index (χ3v) is 9.46. The van der Waals surface area contributed by atoms with Gasteiger partial charge in [-0.15, -0.1) is 11.3 Å². The molecule has 5 heterocycles. The predicted octanol–water partition coefficient (Wildman–Crippen LogP) is 5.59. The number of nitrogens with zero attached hydrogens (tertiary/aromatic N) is 3. The maximum atomic E-state index is 14.7. The number of likely N-dealkylation sites (tertiary alicyclic amines) is 2. The van der Waals surface area contributed by atoms with Crippen LogP contribution in [0, 0.1) is 17.7 Å². The van der Waals surface area contributed by atoms with Gasteiger partial charge in [0.05, 0.1) is 16.3 Å². The molecule has 0 saturated carbocycles. The molecule has 4 aromatic rings. The minimum absolute atomic E-state index is 0. The van der Waals surface area contributed by atoms with Crippen LogP contribution in [0.25, 0.3) is 10.2 Å². The quantitative estimate of drug-likeness (QED) is 0.284. The van der Waals surface area contributed by atoms with Crippen molar-refractivity contribution in [1.82, 2.24) is 14.8 Å². The van der Waals surface area contributed by atoms with Crippen molar-refractivity contribution in [3.63, 3.8) is 0 Å². The molecule has 3 aliphatic heterocycles. The summed E-state index contributed by atoms with van der Waals surface area (Å²) in [5.74, 6) is 1.11.